The van der Waals surface area contributed by atoms with E-state index in [0.717, 1.165) is 25.0 Å². The molecule has 3 aromatic rings. The van der Waals surface area contributed by atoms with Crippen molar-refractivity contribution in [2.24, 2.45) is 0 Å². The third kappa shape index (κ3) is 5.09. The smallest absolute Gasteiger partial charge is 0.270 e. The minimum atomic E-state index is -0.767. The zero-order valence-electron chi connectivity index (χ0n) is 15.4. The number of carbonyl (C=O) groups excluding carboxylic acids is 1. The van der Waals surface area contributed by atoms with E-state index in [1.54, 1.807) is 6.92 Å². The number of amides is 1. The van der Waals surface area contributed by atoms with Gasteiger partial charge in [-0.1, -0.05) is 36.4 Å². The van der Waals surface area contributed by atoms with Gasteiger partial charge in [-0.25, -0.2) is 18.7 Å². The van der Waals surface area contributed by atoms with Gasteiger partial charge in [-0.05, 0) is 43.5 Å². The normalized spacial score (nSPS) is 10.5. The Labute approximate surface area is 161 Å². The van der Waals surface area contributed by atoms with Crippen LogP contribution in [0.5, 0.6) is 0 Å². The molecular formula is C21H20F2N4O. The highest BCUT2D eigenvalue weighted by molar-refractivity contribution is 5.92. The molecule has 1 aromatic heterocycles. The Kier molecular flexibility index (Phi) is 6.26. The lowest BCUT2D eigenvalue weighted by Crippen LogP contribution is -2.26. The highest BCUT2D eigenvalue weighted by Crippen LogP contribution is 2.21. The summed E-state index contributed by atoms with van der Waals surface area (Å²) in [7, 11) is 0. The van der Waals surface area contributed by atoms with Gasteiger partial charge >= 0.3 is 0 Å². The fourth-order valence-corrected chi connectivity index (χ4v) is 2.70. The molecule has 0 bridgehead atoms. The molecule has 0 aliphatic carbocycles. The van der Waals surface area contributed by atoms with Crippen molar-refractivity contribution in [2.45, 2.75) is 19.8 Å². The summed E-state index contributed by atoms with van der Waals surface area (Å²) in [6.07, 6.45) is 1.63. The number of benzene rings is 2. The van der Waals surface area contributed by atoms with Crippen molar-refractivity contribution >= 4 is 17.5 Å². The summed E-state index contributed by atoms with van der Waals surface area (Å²) >= 11 is 0. The summed E-state index contributed by atoms with van der Waals surface area (Å²) in [6.45, 7) is 2.16. The Hall–Kier alpha value is -3.35. The molecule has 0 aliphatic heterocycles. The monoisotopic (exact) mass is 382 g/mol. The summed E-state index contributed by atoms with van der Waals surface area (Å²) in [6, 6.07) is 15.0. The lowest BCUT2D eigenvalue weighted by molar-refractivity contribution is 0.0948. The highest BCUT2D eigenvalue weighted by atomic mass is 19.1. The molecule has 0 unspecified atom stereocenters. The van der Waals surface area contributed by atoms with E-state index in [1.807, 2.05) is 30.3 Å². The Morgan fingerprint density at radius 1 is 1.00 bits per heavy atom. The zero-order valence-corrected chi connectivity index (χ0v) is 15.4. The predicted molar refractivity (Wildman–Crippen MR) is 104 cm³/mol. The molecule has 2 N–H and O–H groups in total. The second-order valence-electron chi connectivity index (χ2n) is 6.28. The molecule has 0 fully saturated rings. The number of carbonyl (C=O) groups is 1. The molecule has 0 radical (unpaired) electrons. The van der Waals surface area contributed by atoms with Crippen LogP contribution in [0.2, 0.25) is 0 Å². The lowest BCUT2D eigenvalue weighted by atomic mass is 10.1. The minimum absolute atomic E-state index is 0.0431. The largest absolute Gasteiger partial charge is 0.351 e. The Morgan fingerprint density at radius 3 is 2.43 bits per heavy atom. The molecular weight excluding hydrogens is 362 g/mol. The first-order valence-electron chi connectivity index (χ1n) is 8.92. The number of aryl methyl sites for hydroxylation is 2. The number of nitrogens with one attached hydrogen (secondary N) is 2. The average molecular weight is 382 g/mol. The summed E-state index contributed by atoms with van der Waals surface area (Å²) < 4.78 is 27.6. The summed E-state index contributed by atoms with van der Waals surface area (Å²) in [5, 5.41) is 5.32. The molecule has 1 amide bonds. The van der Waals surface area contributed by atoms with Crippen molar-refractivity contribution in [2.75, 3.05) is 11.9 Å². The number of halogens is 2. The molecule has 0 saturated heterocycles. The molecule has 3 rings (SSSR count). The molecule has 144 valence electrons. The van der Waals surface area contributed by atoms with E-state index in [9.17, 15) is 13.6 Å². The van der Waals surface area contributed by atoms with Crippen LogP contribution in [0.25, 0.3) is 0 Å². The zero-order chi connectivity index (χ0) is 19.9. The maximum atomic E-state index is 13.8. The quantitative estimate of drug-likeness (QED) is 0.602. The van der Waals surface area contributed by atoms with Gasteiger partial charge < -0.3 is 10.6 Å². The number of rotatable bonds is 7. The van der Waals surface area contributed by atoms with Gasteiger partial charge in [0, 0.05) is 12.2 Å². The van der Waals surface area contributed by atoms with Crippen molar-refractivity contribution in [3.05, 3.63) is 83.2 Å². The van der Waals surface area contributed by atoms with Crippen LogP contribution in [0, 0.1) is 18.6 Å². The topological polar surface area (TPSA) is 66.9 Å². The van der Waals surface area contributed by atoms with Crippen molar-refractivity contribution < 1.29 is 13.6 Å². The van der Waals surface area contributed by atoms with E-state index >= 15 is 0 Å². The minimum Gasteiger partial charge on any atom is -0.351 e. The van der Waals surface area contributed by atoms with Gasteiger partial charge in [0.25, 0.3) is 5.91 Å². The molecule has 1 heterocycles. The molecule has 0 aliphatic rings. The third-order valence-electron chi connectivity index (χ3n) is 4.06. The SMILES string of the molecule is Cc1cc(C(=O)NCCCc2ccccc2)nc(Nc2c(F)cccc2F)n1. The predicted octanol–water partition coefficient (Wildman–Crippen LogP) is 4.17. The van der Waals surface area contributed by atoms with E-state index in [1.165, 1.54) is 17.7 Å². The maximum absolute atomic E-state index is 13.8. The van der Waals surface area contributed by atoms with Crippen LogP contribution in [-0.2, 0) is 6.42 Å². The standard InChI is InChI=1S/C21H20F2N4O/c1-14-13-18(20(28)24-12-6-9-15-7-3-2-4-8-15)26-21(25-14)27-19-16(22)10-5-11-17(19)23/h2-5,7-8,10-11,13H,6,9,12H2,1H3,(H,24,28)(H,25,26,27). The fraction of sp³-hybridized carbons (Fsp3) is 0.190. The second-order valence-corrected chi connectivity index (χ2v) is 6.28. The molecule has 28 heavy (non-hydrogen) atoms. The molecule has 0 atom stereocenters. The highest BCUT2D eigenvalue weighted by Gasteiger charge is 2.14. The molecule has 0 spiro atoms. The van der Waals surface area contributed by atoms with Crippen molar-refractivity contribution in [3.8, 4) is 0 Å². The Bertz CT molecular complexity index is 944. The van der Waals surface area contributed by atoms with Gasteiger partial charge in [0.1, 0.15) is 23.0 Å². The van der Waals surface area contributed by atoms with E-state index in [0.29, 0.717) is 12.2 Å². The van der Waals surface area contributed by atoms with Crippen LogP contribution in [0.3, 0.4) is 0 Å². The van der Waals surface area contributed by atoms with Gasteiger partial charge in [0.15, 0.2) is 0 Å². The van der Waals surface area contributed by atoms with Crippen LogP contribution in [-0.4, -0.2) is 22.4 Å². The van der Waals surface area contributed by atoms with Gasteiger partial charge in [-0.2, -0.15) is 0 Å². The number of hydrogen-bond acceptors (Lipinski definition) is 4. The summed E-state index contributed by atoms with van der Waals surface area (Å²) in [5.41, 5.74) is 1.48. The summed E-state index contributed by atoms with van der Waals surface area (Å²) in [5.74, 6) is -1.94. The number of hydrogen-bond donors (Lipinski definition) is 2. The Balaban J connectivity index is 1.63. The third-order valence-corrected chi connectivity index (χ3v) is 4.06. The van der Waals surface area contributed by atoms with Crippen molar-refractivity contribution in [1.82, 2.24) is 15.3 Å². The van der Waals surface area contributed by atoms with Crippen LogP contribution < -0.4 is 10.6 Å². The first kappa shape index (κ1) is 19.4. The summed E-state index contributed by atoms with van der Waals surface area (Å²) in [4.78, 5) is 20.5. The lowest BCUT2D eigenvalue weighted by Gasteiger charge is -2.10. The number of para-hydroxylation sites is 1. The van der Waals surface area contributed by atoms with Crippen LogP contribution >= 0.6 is 0 Å². The number of anilines is 2. The molecule has 2 aromatic carbocycles. The second kappa shape index (κ2) is 9.03. The Morgan fingerprint density at radius 2 is 1.71 bits per heavy atom. The van der Waals surface area contributed by atoms with Crippen molar-refractivity contribution in [1.29, 1.82) is 0 Å². The van der Waals surface area contributed by atoms with E-state index in [2.05, 4.69) is 20.6 Å². The molecule has 7 heteroatoms. The first-order valence-corrected chi connectivity index (χ1v) is 8.92. The van der Waals surface area contributed by atoms with Crippen molar-refractivity contribution in [3.63, 3.8) is 0 Å². The van der Waals surface area contributed by atoms with Gasteiger partial charge in [-0.3, -0.25) is 4.79 Å². The van der Waals surface area contributed by atoms with Crippen LogP contribution in [0.1, 0.15) is 28.2 Å². The van der Waals surface area contributed by atoms with E-state index in [4.69, 9.17) is 0 Å². The van der Waals surface area contributed by atoms with Gasteiger partial charge in [0.2, 0.25) is 5.95 Å². The van der Waals surface area contributed by atoms with Gasteiger partial charge in [-0.15, -0.1) is 0 Å². The van der Waals surface area contributed by atoms with Crippen LogP contribution in [0.4, 0.5) is 20.4 Å². The first-order chi connectivity index (χ1) is 13.5. The van der Waals surface area contributed by atoms with Gasteiger partial charge in [0.05, 0.1) is 0 Å². The van der Waals surface area contributed by atoms with E-state index in [-0.39, 0.29) is 23.2 Å². The maximum Gasteiger partial charge on any atom is 0.270 e. The average Bonchev–Trinajstić information content (AvgIpc) is 2.68. The molecule has 0 saturated carbocycles. The number of aromatic nitrogens is 2. The molecule has 5 nitrogen and oxygen atoms in total. The number of nitrogens with zero attached hydrogens (tertiary/aromatic N) is 2. The van der Waals surface area contributed by atoms with Crippen LogP contribution in [0.15, 0.2) is 54.6 Å². The fourth-order valence-electron chi connectivity index (χ4n) is 2.70. The van der Waals surface area contributed by atoms with E-state index < -0.39 is 11.6 Å².